The predicted octanol–water partition coefficient (Wildman–Crippen LogP) is 0.257. The minimum Gasteiger partial charge on any atom is -0.466 e. The molecular weight excluding hydrogens is 160 g/mol. The second-order valence-corrected chi connectivity index (χ2v) is 2.19. The molecule has 0 rings (SSSR count). The lowest BCUT2D eigenvalue weighted by molar-refractivity contribution is -0.141. The van der Waals surface area contributed by atoms with Crippen molar-refractivity contribution >= 4 is 5.97 Å². The van der Waals surface area contributed by atoms with Crippen molar-refractivity contribution < 1.29 is 19.7 Å². The highest BCUT2D eigenvalue weighted by atomic mass is 16.5. The van der Waals surface area contributed by atoms with E-state index in [0.717, 1.165) is 6.08 Å². The molecule has 0 aromatic carbocycles. The van der Waals surface area contributed by atoms with Crippen LogP contribution in [0.2, 0.25) is 0 Å². The van der Waals surface area contributed by atoms with Crippen LogP contribution >= 0.6 is 0 Å². The highest BCUT2D eigenvalue weighted by Crippen LogP contribution is 1.98. The summed E-state index contributed by atoms with van der Waals surface area (Å²) < 4.78 is 4.14. The van der Waals surface area contributed by atoms with Gasteiger partial charge in [-0.3, -0.25) is 0 Å². The number of esters is 1. The second-order valence-electron chi connectivity index (χ2n) is 2.19. The van der Waals surface area contributed by atoms with Crippen molar-refractivity contribution in [2.75, 3.05) is 7.11 Å². The van der Waals surface area contributed by atoms with E-state index in [0.29, 0.717) is 0 Å². The number of hydrogen-bond donors (Lipinski definition) is 2. The molecule has 0 fully saturated rings. The zero-order valence-corrected chi connectivity index (χ0v) is 7.41. The summed E-state index contributed by atoms with van der Waals surface area (Å²) in [6, 6.07) is 0. The first-order valence-corrected chi connectivity index (χ1v) is 3.31. The topological polar surface area (TPSA) is 66.8 Å². The lowest BCUT2D eigenvalue weighted by Crippen LogP contribution is -2.20. The van der Waals surface area contributed by atoms with E-state index in [1.807, 2.05) is 0 Å². The third-order valence-corrected chi connectivity index (χ3v) is 0.841. The number of carbonyl (C=O) groups is 1. The lowest BCUT2D eigenvalue weighted by Gasteiger charge is -2.10. The molecule has 0 spiro atoms. The average molecular weight is 175 g/mol. The lowest BCUT2D eigenvalue weighted by atomic mass is 10.3. The molecule has 1 radical (unpaired) electrons. The van der Waals surface area contributed by atoms with E-state index in [2.05, 4.69) is 18.2 Å². The van der Waals surface area contributed by atoms with Gasteiger partial charge >= 0.3 is 5.97 Å². The van der Waals surface area contributed by atoms with E-state index in [-0.39, 0.29) is 6.42 Å². The number of methoxy groups -OCH3 is 1. The van der Waals surface area contributed by atoms with E-state index in [4.69, 9.17) is 10.2 Å². The van der Waals surface area contributed by atoms with Crippen LogP contribution in [0.4, 0.5) is 0 Å². The Balaban J connectivity index is 0. The van der Waals surface area contributed by atoms with Crippen molar-refractivity contribution in [3.05, 3.63) is 19.6 Å². The van der Waals surface area contributed by atoms with Crippen LogP contribution in [0.1, 0.15) is 13.3 Å². The van der Waals surface area contributed by atoms with Gasteiger partial charge in [-0.2, -0.15) is 0 Å². The normalized spacial score (nSPS) is 9.42. The van der Waals surface area contributed by atoms with Crippen LogP contribution in [0.25, 0.3) is 0 Å². The third kappa shape index (κ3) is 16.1. The molecule has 0 bridgehead atoms. The van der Waals surface area contributed by atoms with Crippen LogP contribution in [0.15, 0.2) is 12.7 Å². The monoisotopic (exact) mass is 175 g/mol. The van der Waals surface area contributed by atoms with Gasteiger partial charge in [-0.15, -0.1) is 0 Å². The summed E-state index contributed by atoms with van der Waals surface area (Å²) in [6.07, 6.45) is 1.24. The highest BCUT2D eigenvalue weighted by molar-refractivity contribution is 5.80. The number of aliphatic hydroxyl groups is 2. The fourth-order valence-corrected chi connectivity index (χ4v) is 0.0833. The maximum absolute atomic E-state index is 9.84. The summed E-state index contributed by atoms with van der Waals surface area (Å²) >= 11 is 0. The van der Waals surface area contributed by atoms with E-state index < -0.39 is 11.8 Å². The molecule has 2 N–H and O–H groups in total. The Bertz CT molecular complexity index is 134. The van der Waals surface area contributed by atoms with Gasteiger partial charge in [0.1, 0.15) is 0 Å². The van der Waals surface area contributed by atoms with Crippen LogP contribution in [-0.2, 0) is 9.53 Å². The molecule has 4 nitrogen and oxygen atoms in total. The molecule has 0 aliphatic heterocycles. The largest absolute Gasteiger partial charge is 0.466 e. The van der Waals surface area contributed by atoms with Crippen LogP contribution in [0.3, 0.4) is 0 Å². The molecule has 0 heterocycles. The smallest absolute Gasteiger partial charge is 0.329 e. The zero-order valence-electron chi connectivity index (χ0n) is 7.41. The Morgan fingerprint density at radius 1 is 1.67 bits per heavy atom. The van der Waals surface area contributed by atoms with Gasteiger partial charge in [-0.1, -0.05) is 6.58 Å². The summed E-state index contributed by atoms with van der Waals surface area (Å²) in [5, 5.41) is 16.6. The van der Waals surface area contributed by atoms with Crippen LogP contribution in [-0.4, -0.2) is 29.1 Å². The maximum atomic E-state index is 9.84. The zero-order chi connectivity index (χ0) is 10.2. The van der Waals surface area contributed by atoms with Gasteiger partial charge < -0.3 is 14.9 Å². The van der Waals surface area contributed by atoms with Crippen molar-refractivity contribution in [2.45, 2.75) is 19.1 Å². The molecule has 0 atom stereocenters. The Labute approximate surface area is 72.5 Å². The van der Waals surface area contributed by atoms with E-state index in [9.17, 15) is 4.79 Å². The molecule has 0 saturated carbocycles. The number of rotatable bonds is 2. The van der Waals surface area contributed by atoms with Crippen molar-refractivity contribution in [3.8, 4) is 0 Å². The van der Waals surface area contributed by atoms with Crippen LogP contribution in [0.5, 0.6) is 0 Å². The summed E-state index contributed by atoms with van der Waals surface area (Å²) in [4.78, 5) is 9.84. The summed E-state index contributed by atoms with van der Waals surface area (Å²) in [5.74, 6) is -1.96. The van der Waals surface area contributed by atoms with Crippen molar-refractivity contribution in [2.24, 2.45) is 0 Å². The fraction of sp³-hybridized carbons (Fsp3) is 0.500. The Hall–Kier alpha value is -0.870. The molecule has 12 heavy (non-hydrogen) atoms. The van der Waals surface area contributed by atoms with Gasteiger partial charge in [0.05, 0.1) is 7.11 Å². The van der Waals surface area contributed by atoms with Crippen molar-refractivity contribution in [1.29, 1.82) is 0 Å². The Morgan fingerprint density at radius 2 is 2.00 bits per heavy atom. The van der Waals surface area contributed by atoms with Crippen molar-refractivity contribution in [3.63, 3.8) is 0 Å². The van der Waals surface area contributed by atoms with Gasteiger partial charge in [0.25, 0.3) is 0 Å². The molecule has 0 aliphatic carbocycles. The number of hydrogen-bond acceptors (Lipinski definition) is 4. The minimum atomic E-state index is -1.57. The quantitative estimate of drug-likeness (QED) is 0.359. The second kappa shape index (κ2) is 6.82. The fourth-order valence-electron chi connectivity index (χ4n) is 0.0833. The minimum absolute atomic E-state index is 0.132. The van der Waals surface area contributed by atoms with Crippen molar-refractivity contribution in [1.82, 2.24) is 0 Å². The average Bonchev–Trinajstić information content (AvgIpc) is 2.03. The molecule has 0 aromatic rings. The van der Waals surface area contributed by atoms with Gasteiger partial charge in [-0.25, -0.2) is 4.79 Å². The van der Waals surface area contributed by atoms with E-state index >= 15 is 0 Å². The molecular formula is C8H15O4. The highest BCUT2D eigenvalue weighted by Gasteiger charge is 2.08. The SMILES string of the molecule is C=CC(=O)OC.[CH2]CC(C)(O)O. The molecule has 0 saturated heterocycles. The number of carbonyl (C=O) groups excluding carboxylic acids is 1. The van der Waals surface area contributed by atoms with E-state index in [1.165, 1.54) is 14.0 Å². The first-order chi connectivity index (χ1) is 5.37. The third-order valence-electron chi connectivity index (χ3n) is 0.841. The first-order valence-electron chi connectivity index (χ1n) is 3.31. The van der Waals surface area contributed by atoms with E-state index in [1.54, 1.807) is 0 Å². The molecule has 0 aliphatic rings. The molecule has 0 amide bonds. The molecule has 71 valence electrons. The Morgan fingerprint density at radius 3 is 2.00 bits per heavy atom. The summed E-state index contributed by atoms with van der Waals surface area (Å²) in [7, 11) is 1.31. The summed E-state index contributed by atoms with van der Waals surface area (Å²) in [5.41, 5.74) is 0. The predicted molar refractivity (Wildman–Crippen MR) is 45.0 cm³/mol. The molecule has 4 heteroatoms. The number of ether oxygens (including phenoxy) is 1. The van der Waals surface area contributed by atoms with Gasteiger partial charge in [-0.05, 0) is 13.8 Å². The van der Waals surface area contributed by atoms with Gasteiger partial charge in [0, 0.05) is 12.5 Å². The van der Waals surface area contributed by atoms with Crippen LogP contribution in [0, 0.1) is 6.92 Å². The first kappa shape index (κ1) is 13.7. The molecule has 0 aromatic heterocycles. The molecule has 0 unspecified atom stereocenters. The van der Waals surface area contributed by atoms with Gasteiger partial charge in [0.15, 0.2) is 5.79 Å². The summed E-state index contributed by atoms with van der Waals surface area (Å²) in [6.45, 7) is 7.71. The van der Waals surface area contributed by atoms with Gasteiger partial charge in [0.2, 0.25) is 0 Å². The maximum Gasteiger partial charge on any atom is 0.329 e. The Kier molecular flexibility index (Phi) is 7.78. The van der Waals surface area contributed by atoms with Crippen LogP contribution < -0.4 is 0 Å². The standard InChI is InChI=1S/C4H6O2.C4H9O2/c1-3-4(5)6-2;1-3-4(2,5)6/h3H,1H2,2H3;5-6H,1,3H2,2H3.